The highest BCUT2D eigenvalue weighted by atomic mass is 79.9. The molecule has 3 N–H and O–H groups in total. The number of hydrogen-bond acceptors (Lipinski definition) is 2. The molecule has 0 heterocycles. The van der Waals surface area contributed by atoms with Crippen LogP contribution in [0.1, 0.15) is 0 Å². The van der Waals surface area contributed by atoms with E-state index in [1.165, 1.54) is 0 Å². The molecule has 2 nitrogen and oxygen atoms in total. The molecule has 0 atom stereocenters. The standard InChI is InChI=1S/BrHO.ClH2N/c2*1-2/h2H;2H2. The van der Waals surface area contributed by atoms with Gasteiger partial charge in [-0.2, -0.15) is 0 Å². The van der Waals surface area contributed by atoms with Gasteiger partial charge in [-0.3, -0.25) is 0 Å². The average molecular weight is 148 g/mol. The second kappa shape index (κ2) is 56.1. The molecule has 0 bridgehead atoms. The first-order valence-corrected chi connectivity index (χ1v) is 1.53. The van der Waals surface area contributed by atoms with Crippen LogP contribution >= 0.6 is 28.0 Å². The Labute approximate surface area is 38.1 Å². The van der Waals surface area contributed by atoms with Gasteiger partial charge in [0.2, 0.25) is 0 Å². The van der Waals surface area contributed by atoms with E-state index in [1.807, 2.05) is 16.3 Å². The molecule has 0 unspecified atom stereocenters. The van der Waals surface area contributed by atoms with Crippen LogP contribution < -0.4 is 5.25 Å². The zero-order valence-electron chi connectivity index (χ0n) is 1.78. The monoisotopic (exact) mass is 147 g/mol. The van der Waals surface area contributed by atoms with Crippen molar-refractivity contribution in [2.24, 2.45) is 5.25 Å². The van der Waals surface area contributed by atoms with Gasteiger partial charge in [-0.15, -0.1) is 0 Å². The van der Waals surface area contributed by atoms with Gasteiger partial charge in [0.25, 0.3) is 0 Å². The minimum absolute atomic E-state index is 1.94. The molecule has 0 aromatic heterocycles. The van der Waals surface area contributed by atoms with Crippen LogP contribution in [0.2, 0.25) is 0 Å². The molecule has 0 radical (unpaired) electrons. The summed E-state index contributed by atoms with van der Waals surface area (Å²) in [5.41, 5.74) is 0. The Morgan fingerprint density at radius 2 is 1.50 bits per heavy atom. The molecule has 0 fully saturated rings. The van der Waals surface area contributed by atoms with Crippen molar-refractivity contribution in [3.63, 3.8) is 0 Å². The lowest BCUT2D eigenvalue weighted by Crippen LogP contribution is -1.48. The van der Waals surface area contributed by atoms with E-state index in [4.69, 9.17) is 4.20 Å². The van der Waals surface area contributed by atoms with Crippen molar-refractivity contribution in [1.82, 2.24) is 0 Å². The third-order valence-corrected chi connectivity index (χ3v) is 0. The number of nitrogens with two attached hydrogens (primary N) is 1. The normalized spacial score (nSPS) is 3.00. The summed E-state index contributed by atoms with van der Waals surface area (Å²) in [5, 5.41) is 3.97. The molecule has 4 heavy (non-hydrogen) atoms. The highest BCUT2D eigenvalue weighted by Gasteiger charge is 0.908. The van der Waals surface area contributed by atoms with Gasteiger partial charge < -0.3 is 4.20 Å². The van der Waals surface area contributed by atoms with Crippen LogP contribution in [0.3, 0.4) is 0 Å². The van der Waals surface area contributed by atoms with Gasteiger partial charge in [0, 0.05) is 0 Å². The van der Waals surface area contributed by atoms with Crippen molar-refractivity contribution < 1.29 is 4.20 Å². The van der Waals surface area contributed by atoms with Crippen LogP contribution in [0, 0.1) is 0 Å². The molecule has 0 saturated carbocycles. The predicted molar refractivity (Wildman–Crippen MR) is 21.2 cm³/mol. The number of hydrogen-bond donors (Lipinski definition) is 2. The zero-order valence-corrected chi connectivity index (χ0v) is 4.12. The van der Waals surface area contributed by atoms with Crippen molar-refractivity contribution in [2.45, 2.75) is 0 Å². The molecule has 0 saturated heterocycles. The molecular weight excluding hydrogens is 145 g/mol. The lowest BCUT2D eigenvalue weighted by atomic mass is 14.0. The quantitative estimate of drug-likeness (QED) is 0.488. The van der Waals surface area contributed by atoms with Gasteiger partial charge in [-0.25, -0.2) is 5.25 Å². The summed E-state index contributed by atoms with van der Waals surface area (Å²) in [6.45, 7) is 0. The van der Waals surface area contributed by atoms with Crippen LogP contribution in [0.15, 0.2) is 0 Å². The molecule has 0 aromatic rings. The van der Waals surface area contributed by atoms with E-state index in [2.05, 4.69) is 17.0 Å². The highest BCUT2D eigenvalue weighted by molar-refractivity contribution is 9.05. The van der Waals surface area contributed by atoms with E-state index in [-0.39, 0.29) is 0 Å². The average Bonchev–Trinajstić information content (AvgIpc) is 1.50. The molecule has 0 aliphatic rings. The van der Waals surface area contributed by atoms with Crippen LogP contribution in [0.25, 0.3) is 0 Å². The second-order valence-electron chi connectivity index (χ2n) is 0. The molecule has 0 spiro atoms. The van der Waals surface area contributed by atoms with Gasteiger partial charge in [0.05, 0.1) is 16.3 Å². The molecule has 0 amide bonds. The van der Waals surface area contributed by atoms with Crippen LogP contribution in [0.4, 0.5) is 0 Å². The lowest BCUT2D eigenvalue weighted by molar-refractivity contribution is 0.702. The first-order chi connectivity index (χ1) is 2.00. The minimum Gasteiger partial charge on any atom is -0.324 e. The highest BCUT2D eigenvalue weighted by Crippen LogP contribution is 1.43. The van der Waals surface area contributed by atoms with Crippen molar-refractivity contribution in [3.8, 4) is 0 Å². The summed E-state index contributed by atoms with van der Waals surface area (Å²) in [6, 6.07) is 0. The Kier molecular flexibility index (Phi) is 124. The summed E-state index contributed by atoms with van der Waals surface area (Å²) in [7, 11) is 0. The fourth-order valence-corrected chi connectivity index (χ4v) is 0. The first-order valence-electron chi connectivity index (χ1n) is 0.387. The maximum Gasteiger partial charge on any atom is 0.0957 e. The number of rotatable bonds is 0. The molecule has 0 aromatic carbocycles. The van der Waals surface area contributed by atoms with E-state index < -0.39 is 0 Å². The maximum atomic E-state index is 6.81. The van der Waals surface area contributed by atoms with Gasteiger partial charge >= 0.3 is 0 Å². The van der Waals surface area contributed by atoms with E-state index in [9.17, 15) is 0 Å². The summed E-state index contributed by atoms with van der Waals surface area (Å²) < 4.78 is 6.81. The van der Waals surface area contributed by atoms with Crippen molar-refractivity contribution in [1.29, 1.82) is 0 Å². The van der Waals surface area contributed by atoms with Crippen molar-refractivity contribution in [3.05, 3.63) is 0 Å². The van der Waals surface area contributed by atoms with Gasteiger partial charge in [-0.05, 0) is 11.8 Å². The first kappa shape index (κ1) is 8.83. The van der Waals surface area contributed by atoms with E-state index in [1.54, 1.807) is 0 Å². The predicted octanol–water partition coefficient (Wildman–Crippen LogP) is 0.388. The Morgan fingerprint density at radius 1 is 1.50 bits per heavy atom. The fourth-order valence-electron chi connectivity index (χ4n) is 0. The summed E-state index contributed by atoms with van der Waals surface area (Å²) in [4.78, 5) is 0. The van der Waals surface area contributed by atoms with Gasteiger partial charge in [-0.1, -0.05) is 0 Å². The summed E-state index contributed by atoms with van der Waals surface area (Å²) in [6.07, 6.45) is 0. The summed E-state index contributed by atoms with van der Waals surface area (Å²) >= 11 is 6.08. The largest absolute Gasteiger partial charge is 0.324 e. The fraction of sp³-hybridized carbons (Fsp3) is 0. The van der Waals surface area contributed by atoms with Crippen molar-refractivity contribution in [2.75, 3.05) is 0 Å². The van der Waals surface area contributed by atoms with Gasteiger partial charge in [0.1, 0.15) is 0 Å². The van der Waals surface area contributed by atoms with Crippen LogP contribution in [-0.2, 0) is 0 Å². The summed E-state index contributed by atoms with van der Waals surface area (Å²) in [5.74, 6) is 0. The molecule has 4 heteroatoms. The third-order valence-electron chi connectivity index (χ3n) is 0. The Morgan fingerprint density at radius 3 is 1.50 bits per heavy atom. The Bertz CT molecular complexity index is 8.00. The number of halogens is 2. The second-order valence-corrected chi connectivity index (χ2v) is 0. The lowest BCUT2D eigenvalue weighted by Gasteiger charge is -1.14. The van der Waals surface area contributed by atoms with E-state index in [0.717, 1.165) is 0 Å². The van der Waals surface area contributed by atoms with Crippen LogP contribution in [0.5, 0.6) is 0 Å². The van der Waals surface area contributed by atoms with Crippen LogP contribution in [-0.4, -0.2) is 4.20 Å². The molecule has 0 aliphatic heterocycles. The van der Waals surface area contributed by atoms with E-state index >= 15 is 0 Å². The Hall–Kier alpha value is 0.690. The smallest absolute Gasteiger partial charge is 0.0957 e. The SMILES string of the molecule is NCl.OBr. The van der Waals surface area contributed by atoms with Crippen molar-refractivity contribution >= 4 is 28.0 Å². The molecule has 28 valence electrons. The molecule has 0 aliphatic carbocycles. The zero-order chi connectivity index (χ0) is 4.00. The third kappa shape index (κ3) is 16.1. The molecule has 0 rings (SSSR count). The minimum atomic E-state index is 1.94. The maximum absolute atomic E-state index is 6.81. The van der Waals surface area contributed by atoms with E-state index in [0.29, 0.717) is 0 Å². The molecular formula is H3BrClNO. The topological polar surface area (TPSA) is 46.2 Å². The van der Waals surface area contributed by atoms with Gasteiger partial charge in [0.15, 0.2) is 0 Å². The Balaban J connectivity index is 0.